The van der Waals surface area contributed by atoms with Gasteiger partial charge in [0, 0.05) is 11.8 Å². The Morgan fingerprint density at radius 2 is 1.89 bits per heavy atom. The maximum absolute atomic E-state index is 12.5. The molecule has 0 bridgehead atoms. The Morgan fingerprint density at radius 3 is 2.57 bits per heavy atom. The summed E-state index contributed by atoms with van der Waals surface area (Å²) in [7, 11) is 0. The number of halogens is 1. The summed E-state index contributed by atoms with van der Waals surface area (Å²) in [5.74, 6) is -0.365. The molecule has 6 nitrogen and oxygen atoms in total. The van der Waals surface area contributed by atoms with E-state index in [-0.39, 0.29) is 23.2 Å². The van der Waals surface area contributed by atoms with E-state index in [4.69, 9.17) is 22.3 Å². The van der Waals surface area contributed by atoms with Crippen LogP contribution in [-0.2, 0) is 6.54 Å². The molecule has 1 aromatic carbocycles. The van der Waals surface area contributed by atoms with Gasteiger partial charge in [0.15, 0.2) is 5.69 Å². The first-order valence-corrected chi connectivity index (χ1v) is 9.82. The van der Waals surface area contributed by atoms with E-state index in [9.17, 15) is 4.79 Å². The molecule has 4 aromatic rings. The van der Waals surface area contributed by atoms with E-state index in [0.29, 0.717) is 5.00 Å². The second kappa shape index (κ2) is 7.26. The summed E-state index contributed by atoms with van der Waals surface area (Å²) in [4.78, 5) is 17.3. The summed E-state index contributed by atoms with van der Waals surface area (Å²) in [6.07, 6.45) is 2.01. The van der Waals surface area contributed by atoms with Crippen LogP contribution >= 0.6 is 23.1 Å². The van der Waals surface area contributed by atoms with Gasteiger partial charge in [-0.1, -0.05) is 47.5 Å². The predicted octanol–water partition coefficient (Wildman–Crippen LogP) is 4.24. The van der Waals surface area contributed by atoms with Crippen LogP contribution in [0.4, 0.5) is 5.00 Å². The van der Waals surface area contributed by atoms with E-state index in [1.165, 1.54) is 5.56 Å². The van der Waals surface area contributed by atoms with Crippen molar-refractivity contribution < 1.29 is 4.79 Å². The van der Waals surface area contributed by atoms with Crippen LogP contribution in [-0.4, -0.2) is 19.7 Å². The zero-order valence-corrected chi connectivity index (χ0v) is 16.9. The van der Waals surface area contributed by atoms with Gasteiger partial charge in [-0.15, -0.1) is 0 Å². The van der Waals surface area contributed by atoms with Crippen LogP contribution in [0.5, 0.6) is 0 Å². The lowest BCUT2D eigenvalue weighted by atomic mass is 10.1. The Morgan fingerprint density at radius 1 is 1.18 bits per heavy atom. The number of aromatic nitrogens is 3. The fraction of sp³-hybridized carbons (Fsp3) is 0.150. The quantitative estimate of drug-likeness (QED) is 0.526. The number of nitrogens with two attached hydrogens (primary N) is 1. The fourth-order valence-corrected chi connectivity index (χ4v) is 3.81. The second-order valence-corrected chi connectivity index (χ2v) is 7.78. The largest absolute Gasteiger partial charge is 0.388 e. The lowest BCUT2D eigenvalue weighted by Crippen LogP contribution is -2.24. The Labute approximate surface area is 171 Å². The van der Waals surface area contributed by atoms with Crippen molar-refractivity contribution in [1.82, 2.24) is 19.1 Å². The number of rotatable bonds is 4. The molecule has 28 heavy (non-hydrogen) atoms. The number of anilines is 1. The van der Waals surface area contributed by atoms with Crippen LogP contribution in [0.1, 0.15) is 27.3 Å². The molecule has 0 fully saturated rings. The summed E-state index contributed by atoms with van der Waals surface area (Å²) < 4.78 is 6.03. The average Bonchev–Trinajstić information content (AvgIpc) is 3.20. The zero-order valence-electron chi connectivity index (χ0n) is 15.4. The molecule has 0 spiro atoms. The summed E-state index contributed by atoms with van der Waals surface area (Å²) in [6.45, 7) is 4.34. The lowest BCUT2D eigenvalue weighted by molar-refractivity contribution is 0.0946. The SMILES string of the molecule is Cc1ccc(-c2nc3ccc(C)cn3c2CNC(=O)c2nsc(N)c2Cl)cc1. The number of carbonyl (C=O) groups excluding carboxylic acids is 1. The van der Waals surface area contributed by atoms with Gasteiger partial charge in [0.1, 0.15) is 15.7 Å². The van der Waals surface area contributed by atoms with E-state index in [1.54, 1.807) is 0 Å². The number of fused-ring (bicyclic) bond motifs is 1. The minimum absolute atomic E-state index is 0.144. The van der Waals surface area contributed by atoms with Gasteiger partial charge in [-0.2, -0.15) is 4.37 Å². The number of hydrogen-bond acceptors (Lipinski definition) is 5. The molecule has 0 saturated heterocycles. The maximum Gasteiger partial charge on any atom is 0.272 e. The number of aryl methyl sites for hydroxylation is 2. The molecule has 0 unspecified atom stereocenters. The molecule has 0 saturated carbocycles. The van der Waals surface area contributed by atoms with Gasteiger partial charge < -0.3 is 15.5 Å². The number of benzene rings is 1. The Balaban J connectivity index is 1.73. The third-order valence-electron chi connectivity index (χ3n) is 4.48. The lowest BCUT2D eigenvalue weighted by Gasteiger charge is -2.08. The van der Waals surface area contributed by atoms with Gasteiger partial charge in [-0.05, 0) is 37.0 Å². The zero-order chi connectivity index (χ0) is 19.8. The first-order chi connectivity index (χ1) is 13.4. The predicted molar refractivity (Wildman–Crippen MR) is 113 cm³/mol. The van der Waals surface area contributed by atoms with Crippen LogP contribution in [0.2, 0.25) is 5.02 Å². The van der Waals surface area contributed by atoms with Crippen LogP contribution in [0.3, 0.4) is 0 Å². The molecule has 0 aliphatic carbocycles. The van der Waals surface area contributed by atoms with Gasteiger partial charge in [0.2, 0.25) is 0 Å². The second-order valence-electron chi connectivity index (χ2n) is 6.60. The molecule has 8 heteroatoms. The van der Waals surface area contributed by atoms with Crippen molar-refractivity contribution in [2.75, 3.05) is 5.73 Å². The number of nitrogens with zero attached hydrogens (tertiary/aromatic N) is 3. The molecule has 3 heterocycles. The number of hydrogen-bond donors (Lipinski definition) is 2. The third kappa shape index (κ3) is 3.34. The topological polar surface area (TPSA) is 85.3 Å². The van der Waals surface area contributed by atoms with E-state index >= 15 is 0 Å². The van der Waals surface area contributed by atoms with E-state index in [2.05, 4.69) is 9.69 Å². The van der Waals surface area contributed by atoms with Crippen LogP contribution in [0, 0.1) is 13.8 Å². The summed E-state index contributed by atoms with van der Waals surface area (Å²) in [5, 5.41) is 3.41. The molecule has 3 N–H and O–H groups in total. The highest BCUT2D eigenvalue weighted by Crippen LogP contribution is 2.28. The number of nitrogen functional groups attached to an aromatic ring is 1. The molecule has 1 amide bonds. The van der Waals surface area contributed by atoms with Crippen molar-refractivity contribution in [1.29, 1.82) is 0 Å². The average molecular weight is 412 g/mol. The van der Waals surface area contributed by atoms with Crippen molar-refractivity contribution in [2.24, 2.45) is 0 Å². The number of amides is 1. The molecular formula is C20H18ClN5OS. The fourth-order valence-electron chi connectivity index (χ4n) is 2.99. The Bertz CT molecular complexity index is 1180. The number of imidazole rings is 1. The van der Waals surface area contributed by atoms with Crippen molar-refractivity contribution in [3.05, 3.63) is 70.1 Å². The minimum Gasteiger partial charge on any atom is -0.388 e. The number of carbonyl (C=O) groups is 1. The van der Waals surface area contributed by atoms with Gasteiger partial charge in [0.05, 0.1) is 17.9 Å². The van der Waals surface area contributed by atoms with E-state index < -0.39 is 0 Å². The van der Waals surface area contributed by atoms with E-state index in [0.717, 1.165) is 39.7 Å². The summed E-state index contributed by atoms with van der Waals surface area (Å²) in [5.41, 5.74) is 11.6. The normalized spacial score (nSPS) is 11.1. The van der Waals surface area contributed by atoms with Gasteiger partial charge in [-0.25, -0.2) is 4.98 Å². The van der Waals surface area contributed by atoms with Gasteiger partial charge >= 0.3 is 0 Å². The van der Waals surface area contributed by atoms with Crippen LogP contribution in [0.15, 0.2) is 42.6 Å². The van der Waals surface area contributed by atoms with Crippen molar-refractivity contribution >= 4 is 39.7 Å². The van der Waals surface area contributed by atoms with Crippen molar-refractivity contribution in [3.63, 3.8) is 0 Å². The monoisotopic (exact) mass is 411 g/mol. The number of pyridine rings is 1. The van der Waals surface area contributed by atoms with Crippen molar-refractivity contribution in [2.45, 2.75) is 20.4 Å². The molecule has 4 rings (SSSR count). The Hall–Kier alpha value is -2.90. The van der Waals surface area contributed by atoms with Gasteiger partial charge in [0.25, 0.3) is 5.91 Å². The Kier molecular flexibility index (Phi) is 4.78. The molecular weight excluding hydrogens is 394 g/mol. The molecule has 0 radical (unpaired) electrons. The van der Waals surface area contributed by atoms with Gasteiger partial charge in [-0.3, -0.25) is 4.79 Å². The first-order valence-electron chi connectivity index (χ1n) is 8.67. The molecule has 0 aliphatic rings. The first kappa shape index (κ1) is 18.5. The minimum atomic E-state index is -0.365. The molecule has 142 valence electrons. The number of nitrogens with one attached hydrogen (secondary N) is 1. The smallest absolute Gasteiger partial charge is 0.272 e. The molecule has 0 aliphatic heterocycles. The highest BCUT2D eigenvalue weighted by Gasteiger charge is 2.19. The summed E-state index contributed by atoms with van der Waals surface area (Å²) in [6, 6.07) is 12.1. The third-order valence-corrected chi connectivity index (χ3v) is 5.65. The van der Waals surface area contributed by atoms with Crippen molar-refractivity contribution in [3.8, 4) is 11.3 Å². The molecule has 3 aromatic heterocycles. The summed E-state index contributed by atoms with van der Waals surface area (Å²) >= 11 is 7.07. The van der Waals surface area contributed by atoms with Crippen LogP contribution < -0.4 is 11.1 Å². The van der Waals surface area contributed by atoms with Crippen LogP contribution in [0.25, 0.3) is 16.9 Å². The van der Waals surface area contributed by atoms with E-state index in [1.807, 2.05) is 60.8 Å². The highest BCUT2D eigenvalue weighted by molar-refractivity contribution is 7.11. The standard InChI is InChI=1S/C20H18ClN5OS/c1-11-3-6-13(7-4-11)17-14(26-10-12(2)5-8-15(26)24-17)9-23-20(27)18-16(21)19(22)28-25-18/h3-8,10H,9,22H2,1-2H3,(H,23,27). The highest BCUT2D eigenvalue weighted by atomic mass is 35.5. The molecule has 0 atom stereocenters. The maximum atomic E-state index is 12.5.